The maximum atomic E-state index is 12.7. The van der Waals surface area contributed by atoms with Crippen molar-refractivity contribution in [1.29, 1.82) is 0 Å². The molecule has 2 heterocycles. The Morgan fingerprint density at radius 2 is 2.27 bits per heavy atom. The van der Waals surface area contributed by atoms with Gasteiger partial charge in [0.15, 0.2) is 6.61 Å². The van der Waals surface area contributed by atoms with E-state index in [1.807, 2.05) is 0 Å². The number of carbonyl (C=O) groups excluding carboxylic acids is 1. The number of hydrazine groups is 1. The van der Waals surface area contributed by atoms with Crippen molar-refractivity contribution in [2.24, 2.45) is 0 Å². The molecular weight excluding hydrogens is 308 g/mol. The lowest BCUT2D eigenvalue weighted by Crippen LogP contribution is -2.44. The van der Waals surface area contributed by atoms with E-state index in [1.165, 1.54) is 6.07 Å². The summed E-state index contributed by atoms with van der Waals surface area (Å²) in [5, 5.41) is 2.67. The largest absolute Gasteiger partial charge is 0.471 e. The van der Waals surface area contributed by atoms with Crippen LogP contribution >= 0.6 is 0 Å². The first-order valence-electron chi connectivity index (χ1n) is 6.42. The fourth-order valence-corrected chi connectivity index (χ4v) is 1.67. The summed E-state index contributed by atoms with van der Waals surface area (Å²) in [6.07, 6.45) is -2.20. The number of nitrogens with zero attached hydrogens (tertiary/aromatic N) is 1. The summed E-state index contributed by atoms with van der Waals surface area (Å²) in [5.74, 6) is -4.92. The minimum absolute atomic E-state index is 0.196. The van der Waals surface area contributed by atoms with Gasteiger partial charge in [0, 0.05) is 18.8 Å². The molecule has 6 nitrogen and oxygen atoms in total. The van der Waals surface area contributed by atoms with Gasteiger partial charge in [-0.25, -0.2) is 19.2 Å². The van der Waals surface area contributed by atoms with Gasteiger partial charge in [-0.15, -0.1) is 0 Å². The number of carbonyl (C=O) groups is 1. The number of halogens is 4. The van der Waals surface area contributed by atoms with Gasteiger partial charge in [0.1, 0.15) is 0 Å². The van der Waals surface area contributed by atoms with Crippen LogP contribution in [0, 0.1) is 0 Å². The molecule has 1 saturated heterocycles. The summed E-state index contributed by atoms with van der Waals surface area (Å²) in [6.45, 7) is -0.769. The van der Waals surface area contributed by atoms with Gasteiger partial charge >= 0.3 is 12.3 Å². The number of ether oxygens (including phenoxy) is 1. The lowest BCUT2D eigenvalue weighted by molar-refractivity contribution is -0.148. The Morgan fingerprint density at radius 1 is 1.50 bits per heavy atom. The summed E-state index contributed by atoms with van der Waals surface area (Å²) in [6, 6.07) is 2.47. The lowest BCUT2D eigenvalue weighted by Gasteiger charge is -2.15. The minimum atomic E-state index is -4.25. The molecule has 3 N–H and O–H groups in total. The van der Waals surface area contributed by atoms with Gasteiger partial charge in [-0.05, 0) is 12.5 Å². The van der Waals surface area contributed by atoms with Gasteiger partial charge in [-0.3, -0.25) is 10.2 Å². The molecule has 0 spiro atoms. The zero-order chi connectivity index (χ0) is 16.2. The van der Waals surface area contributed by atoms with Crippen LogP contribution in [0.15, 0.2) is 18.3 Å². The van der Waals surface area contributed by atoms with E-state index in [-0.39, 0.29) is 17.6 Å². The van der Waals surface area contributed by atoms with Crippen LogP contribution < -0.4 is 20.9 Å². The maximum absolute atomic E-state index is 12.7. The Morgan fingerprint density at radius 3 is 2.82 bits per heavy atom. The van der Waals surface area contributed by atoms with Crippen molar-refractivity contribution in [2.75, 3.05) is 13.2 Å². The molecule has 1 aromatic heterocycles. The van der Waals surface area contributed by atoms with Crippen molar-refractivity contribution in [3.05, 3.63) is 23.9 Å². The number of alkyl halides is 4. The van der Waals surface area contributed by atoms with Crippen molar-refractivity contribution in [3.8, 4) is 5.88 Å². The Kier molecular flexibility index (Phi) is 5.14. The van der Waals surface area contributed by atoms with E-state index < -0.39 is 24.9 Å². The molecule has 1 fully saturated rings. The Hall–Kier alpha value is -1.94. The summed E-state index contributed by atoms with van der Waals surface area (Å²) < 4.78 is 53.8. The zero-order valence-corrected chi connectivity index (χ0v) is 11.3. The second-order valence-corrected chi connectivity index (χ2v) is 4.62. The second kappa shape index (κ2) is 6.88. The molecular formula is C12H14F4N4O2. The molecule has 0 aliphatic carbocycles. The number of pyridine rings is 1. The third-order valence-corrected chi connectivity index (χ3v) is 2.87. The lowest BCUT2D eigenvalue weighted by atomic mass is 10.2. The van der Waals surface area contributed by atoms with Crippen LogP contribution in [0.25, 0.3) is 0 Å². The summed E-state index contributed by atoms with van der Waals surface area (Å²) in [5.41, 5.74) is 5.88. The summed E-state index contributed by atoms with van der Waals surface area (Å²) in [4.78, 5) is 15.5. The van der Waals surface area contributed by atoms with Crippen molar-refractivity contribution in [3.63, 3.8) is 0 Å². The van der Waals surface area contributed by atoms with Crippen molar-refractivity contribution in [2.45, 2.75) is 24.9 Å². The predicted octanol–water partition coefficient (Wildman–Crippen LogP) is 0.915. The highest BCUT2D eigenvalue weighted by atomic mass is 19.3. The van der Waals surface area contributed by atoms with Gasteiger partial charge in [-0.2, -0.15) is 8.78 Å². The van der Waals surface area contributed by atoms with Gasteiger partial charge in [0.2, 0.25) is 5.88 Å². The number of rotatable bonds is 6. The molecule has 0 aromatic carbocycles. The monoisotopic (exact) mass is 322 g/mol. The van der Waals surface area contributed by atoms with E-state index in [2.05, 4.69) is 25.9 Å². The first kappa shape index (κ1) is 16.4. The van der Waals surface area contributed by atoms with Gasteiger partial charge < -0.3 is 10.1 Å². The van der Waals surface area contributed by atoms with E-state index >= 15 is 0 Å². The molecule has 1 aromatic rings. The Labute approximate surface area is 123 Å². The fourth-order valence-electron chi connectivity index (χ4n) is 1.67. The number of hydrogen-bond acceptors (Lipinski definition) is 5. The highest BCUT2D eigenvalue weighted by Crippen LogP contribution is 2.23. The van der Waals surface area contributed by atoms with E-state index in [4.69, 9.17) is 0 Å². The van der Waals surface area contributed by atoms with Crippen LogP contribution in [-0.4, -0.2) is 42.6 Å². The molecule has 1 aliphatic heterocycles. The number of aromatic nitrogens is 1. The van der Waals surface area contributed by atoms with Gasteiger partial charge in [0.05, 0.1) is 11.7 Å². The van der Waals surface area contributed by atoms with E-state index in [0.29, 0.717) is 13.0 Å². The molecule has 1 unspecified atom stereocenters. The summed E-state index contributed by atoms with van der Waals surface area (Å²) >= 11 is 0. The predicted molar refractivity (Wildman–Crippen MR) is 67.7 cm³/mol. The molecule has 2 rings (SSSR count). The second-order valence-electron chi connectivity index (χ2n) is 4.62. The van der Waals surface area contributed by atoms with Crippen LogP contribution in [0.1, 0.15) is 16.8 Å². The van der Waals surface area contributed by atoms with Crippen molar-refractivity contribution < 1.29 is 27.1 Å². The average molecular weight is 322 g/mol. The topological polar surface area (TPSA) is 75.3 Å². The van der Waals surface area contributed by atoms with Crippen molar-refractivity contribution in [1.82, 2.24) is 21.2 Å². The minimum Gasteiger partial charge on any atom is -0.471 e. The molecule has 0 bridgehead atoms. The first-order chi connectivity index (χ1) is 10.4. The van der Waals surface area contributed by atoms with Gasteiger partial charge in [-0.1, -0.05) is 0 Å². The smallest absolute Gasteiger partial charge is 0.340 e. The molecule has 0 saturated carbocycles. The third kappa shape index (κ3) is 4.28. The average Bonchev–Trinajstić information content (AvgIpc) is 2.98. The van der Waals surface area contributed by atoms with Gasteiger partial charge in [0.25, 0.3) is 5.91 Å². The summed E-state index contributed by atoms with van der Waals surface area (Å²) in [7, 11) is 0. The molecule has 122 valence electrons. The van der Waals surface area contributed by atoms with Crippen LogP contribution in [0.5, 0.6) is 5.88 Å². The molecule has 1 amide bonds. The van der Waals surface area contributed by atoms with E-state index in [9.17, 15) is 22.4 Å². The fraction of sp³-hybridized carbons (Fsp3) is 0.500. The van der Waals surface area contributed by atoms with Crippen LogP contribution in [0.4, 0.5) is 17.6 Å². The first-order valence-corrected chi connectivity index (χ1v) is 6.42. The molecule has 22 heavy (non-hydrogen) atoms. The highest BCUT2D eigenvalue weighted by Gasteiger charge is 2.41. The molecule has 10 heteroatoms. The Bertz CT molecular complexity index is 506. The Balaban J connectivity index is 1.88. The molecule has 1 aliphatic rings. The molecule has 0 radical (unpaired) electrons. The van der Waals surface area contributed by atoms with Crippen LogP contribution in [0.3, 0.4) is 0 Å². The standard InChI is InChI=1S/C12H14F4N4O2/c13-11(14)12(15,16)6-22-9-2-1-7(5-17-9)10(21)19-8-3-4-18-20-8/h1-2,5,8,11,18,20H,3-4,6H2,(H,19,21). The SMILES string of the molecule is O=C(NC1CCNN1)c1ccc(OCC(F)(F)C(F)F)nc1. The highest BCUT2D eigenvalue weighted by molar-refractivity contribution is 5.94. The van der Waals surface area contributed by atoms with E-state index in [0.717, 1.165) is 12.3 Å². The van der Waals surface area contributed by atoms with Crippen molar-refractivity contribution >= 4 is 5.91 Å². The number of hydrogen-bond donors (Lipinski definition) is 3. The zero-order valence-electron chi connectivity index (χ0n) is 11.3. The number of amides is 1. The van der Waals surface area contributed by atoms with Crippen LogP contribution in [-0.2, 0) is 0 Å². The van der Waals surface area contributed by atoms with Crippen LogP contribution in [0.2, 0.25) is 0 Å². The number of nitrogens with one attached hydrogen (secondary N) is 3. The normalized spacial score (nSPS) is 18.5. The molecule has 1 atom stereocenters. The maximum Gasteiger partial charge on any atom is 0.340 e. The quantitative estimate of drug-likeness (QED) is 0.679. The third-order valence-electron chi connectivity index (χ3n) is 2.87. The van der Waals surface area contributed by atoms with E-state index in [1.54, 1.807) is 0 Å².